The number of alkyl halides is 3. The minimum absolute atomic E-state index is 0.111. The molecule has 0 saturated carbocycles. The van der Waals surface area contributed by atoms with Crippen LogP contribution in [0.15, 0.2) is 48.5 Å². The second kappa shape index (κ2) is 6.72. The van der Waals surface area contributed by atoms with Crippen LogP contribution in [0.5, 0.6) is 5.75 Å². The summed E-state index contributed by atoms with van der Waals surface area (Å²) in [6, 6.07) is 12.2. The highest BCUT2D eigenvalue weighted by atomic mass is 35.5. The minimum Gasteiger partial charge on any atom is -0.491 e. The first-order valence-corrected chi connectivity index (χ1v) is 6.63. The molecule has 0 aliphatic carbocycles. The summed E-state index contributed by atoms with van der Waals surface area (Å²) in [6.07, 6.45) is -4.42. The van der Waals surface area contributed by atoms with E-state index in [0.29, 0.717) is 11.6 Å². The van der Waals surface area contributed by atoms with Crippen LogP contribution in [0.3, 0.4) is 0 Å². The Kier molecular flexibility index (Phi) is 4.96. The van der Waals surface area contributed by atoms with Crippen molar-refractivity contribution in [1.82, 2.24) is 0 Å². The van der Waals surface area contributed by atoms with Crippen LogP contribution < -0.4 is 10.1 Å². The molecule has 1 N–H and O–H groups in total. The Balaban J connectivity index is 1.90. The summed E-state index contributed by atoms with van der Waals surface area (Å²) in [5.41, 5.74) is 0.0166. The quantitative estimate of drug-likeness (QED) is 0.796. The van der Waals surface area contributed by atoms with Crippen molar-refractivity contribution in [2.45, 2.75) is 6.18 Å². The van der Waals surface area contributed by atoms with E-state index in [1.54, 1.807) is 18.2 Å². The Morgan fingerprint density at radius 2 is 1.81 bits per heavy atom. The van der Waals surface area contributed by atoms with Gasteiger partial charge in [-0.25, -0.2) is 0 Å². The summed E-state index contributed by atoms with van der Waals surface area (Å²) >= 11 is 5.83. The van der Waals surface area contributed by atoms with Crippen LogP contribution in [-0.2, 0) is 6.18 Å². The van der Waals surface area contributed by atoms with Crippen LogP contribution in [0.4, 0.5) is 18.9 Å². The second-order valence-corrected chi connectivity index (χ2v) is 4.72. The van der Waals surface area contributed by atoms with Crippen molar-refractivity contribution in [2.75, 3.05) is 18.5 Å². The van der Waals surface area contributed by atoms with E-state index >= 15 is 0 Å². The molecule has 0 amide bonds. The molecule has 0 aliphatic heterocycles. The van der Waals surface area contributed by atoms with Crippen molar-refractivity contribution in [3.63, 3.8) is 0 Å². The molecule has 0 heterocycles. The van der Waals surface area contributed by atoms with Gasteiger partial charge in [-0.05, 0) is 30.3 Å². The van der Waals surface area contributed by atoms with Gasteiger partial charge in [-0.3, -0.25) is 0 Å². The SMILES string of the molecule is FC(F)(F)c1ccccc1OCCNc1cccc(Cl)c1. The molecule has 112 valence electrons. The molecule has 0 radical (unpaired) electrons. The second-order valence-electron chi connectivity index (χ2n) is 4.28. The van der Waals surface area contributed by atoms with Crippen molar-refractivity contribution in [2.24, 2.45) is 0 Å². The molecule has 0 fully saturated rings. The van der Waals surface area contributed by atoms with Crippen LogP contribution in [0.2, 0.25) is 5.02 Å². The van der Waals surface area contributed by atoms with Gasteiger partial charge in [-0.1, -0.05) is 29.8 Å². The normalized spacial score (nSPS) is 11.2. The third kappa shape index (κ3) is 4.56. The lowest BCUT2D eigenvalue weighted by atomic mass is 10.2. The topological polar surface area (TPSA) is 21.3 Å². The monoisotopic (exact) mass is 315 g/mol. The fraction of sp³-hybridized carbons (Fsp3) is 0.200. The van der Waals surface area contributed by atoms with Gasteiger partial charge in [-0.2, -0.15) is 13.2 Å². The lowest BCUT2D eigenvalue weighted by Crippen LogP contribution is -2.14. The zero-order chi connectivity index (χ0) is 15.3. The van der Waals surface area contributed by atoms with Crippen molar-refractivity contribution >= 4 is 17.3 Å². The van der Waals surface area contributed by atoms with E-state index in [1.807, 2.05) is 6.07 Å². The number of nitrogens with one attached hydrogen (secondary N) is 1. The first kappa shape index (κ1) is 15.5. The van der Waals surface area contributed by atoms with E-state index in [1.165, 1.54) is 18.2 Å². The van der Waals surface area contributed by atoms with Crippen molar-refractivity contribution in [3.05, 3.63) is 59.1 Å². The number of anilines is 1. The average molecular weight is 316 g/mol. The number of ether oxygens (including phenoxy) is 1. The molecular formula is C15H13ClF3NO. The number of hydrogen-bond donors (Lipinski definition) is 1. The van der Waals surface area contributed by atoms with Gasteiger partial charge >= 0.3 is 6.18 Å². The van der Waals surface area contributed by atoms with Crippen LogP contribution in [0, 0.1) is 0 Å². The first-order chi connectivity index (χ1) is 9.97. The fourth-order valence-electron chi connectivity index (χ4n) is 1.78. The molecular weight excluding hydrogens is 303 g/mol. The zero-order valence-electron chi connectivity index (χ0n) is 11.0. The predicted molar refractivity (Wildman–Crippen MR) is 76.9 cm³/mol. The number of hydrogen-bond acceptors (Lipinski definition) is 2. The molecule has 0 atom stereocenters. The molecule has 2 rings (SSSR count). The summed E-state index contributed by atoms with van der Waals surface area (Å²) in [5.74, 6) is -0.169. The summed E-state index contributed by atoms with van der Waals surface area (Å²) in [5, 5.41) is 3.61. The molecule has 2 nitrogen and oxygen atoms in total. The molecule has 2 aromatic rings. The molecule has 0 unspecified atom stereocenters. The Hall–Kier alpha value is -1.88. The van der Waals surface area contributed by atoms with E-state index in [2.05, 4.69) is 5.32 Å². The highest BCUT2D eigenvalue weighted by molar-refractivity contribution is 6.30. The third-order valence-corrected chi connectivity index (χ3v) is 2.94. The van der Waals surface area contributed by atoms with Crippen LogP contribution in [0.1, 0.15) is 5.56 Å². The Bertz CT molecular complexity index is 601. The van der Waals surface area contributed by atoms with Gasteiger partial charge in [-0.15, -0.1) is 0 Å². The summed E-state index contributed by atoms with van der Waals surface area (Å²) in [7, 11) is 0. The first-order valence-electron chi connectivity index (χ1n) is 6.25. The van der Waals surface area contributed by atoms with Gasteiger partial charge in [0.2, 0.25) is 0 Å². The maximum atomic E-state index is 12.8. The van der Waals surface area contributed by atoms with Crippen LogP contribution in [0.25, 0.3) is 0 Å². The van der Waals surface area contributed by atoms with Crippen molar-refractivity contribution in [3.8, 4) is 5.75 Å². The van der Waals surface area contributed by atoms with Gasteiger partial charge in [0.15, 0.2) is 0 Å². The van der Waals surface area contributed by atoms with Gasteiger partial charge in [0.05, 0.1) is 5.56 Å². The number of rotatable bonds is 5. The Labute approximate surface area is 125 Å². The van der Waals surface area contributed by atoms with Crippen molar-refractivity contribution < 1.29 is 17.9 Å². The lowest BCUT2D eigenvalue weighted by molar-refractivity contribution is -0.138. The minimum atomic E-state index is -4.42. The van der Waals surface area contributed by atoms with E-state index in [9.17, 15) is 13.2 Å². The highest BCUT2D eigenvalue weighted by Gasteiger charge is 2.33. The number of para-hydroxylation sites is 1. The smallest absolute Gasteiger partial charge is 0.419 e. The van der Waals surface area contributed by atoms with E-state index < -0.39 is 11.7 Å². The number of halogens is 4. The maximum Gasteiger partial charge on any atom is 0.419 e. The van der Waals surface area contributed by atoms with Gasteiger partial charge < -0.3 is 10.1 Å². The van der Waals surface area contributed by atoms with Crippen LogP contribution in [-0.4, -0.2) is 13.2 Å². The molecule has 0 spiro atoms. The summed E-state index contributed by atoms with van der Waals surface area (Å²) in [4.78, 5) is 0. The molecule has 21 heavy (non-hydrogen) atoms. The zero-order valence-corrected chi connectivity index (χ0v) is 11.7. The molecule has 0 saturated heterocycles. The van der Waals surface area contributed by atoms with Crippen molar-refractivity contribution in [1.29, 1.82) is 0 Å². The number of benzene rings is 2. The highest BCUT2D eigenvalue weighted by Crippen LogP contribution is 2.35. The lowest BCUT2D eigenvalue weighted by Gasteiger charge is -2.14. The van der Waals surface area contributed by atoms with E-state index in [0.717, 1.165) is 11.8 Å². The van der Waals surface area contributed by atoms with Gasteiger partial charge in [0, 0.05) is 17.3 Å². The standard InChI is InChI=1S/C15H13ClF3NO/c16-11-4-3-5-12(10-11)20-8-9-21-14-7-2-1-6-13(14)15(17,18)19/h1-7,10,20H,8-9H2. The molecule has 0 aliphatic rings. The third-order valence-electron chi connectivity index (χ3n) is 2.71. The van der Waals surface area contributed by atoms with E-state index in [4.69, 9.17) is 16.3 Å². The Morgan fingerprint density at radius 3 is 2.52 bits per heavy atom. The molecule has 2 aromatic carbocycles. The van der Waals surface area contributed by atoms with Crippen LogP contribution >= 0.6 is 11.6 Å². The average Bonchev–Trinajstić information content (AvgIpc) is 2.43. The predicted octanol–water partition coefficient (Wildman–Crippen LogP) is 4.85. The molecule has 0 bridgehead atoms. The maximum absolute atomic E-state index is 12.8. The van der Waals surface area contributed by atoms with E-state index in [-0.39, 0.29) is 12.4 Å². The molecule has 0 aromatic heterocycles. The Morgan fingerprint density at radius 1 is 1.05 bits per heavy atom. The van der Waals surface area contributed by atoms with Gasteiger partial charge in [0.25, 0.3) is 0 Å². The largest absolute Gasteiger partial charge is 0.491 e. The summed E-state index contributed by atoms with van der Waals surface area (Å²) < 4.78 is 43.5. The van der Waals surface area contributed by atoms with Gasteiger partial charge in [0.1, 0.15) is 12.4 Å². The fourth-order valence-corrected chi connectivity index (χ4v) is 1.97. The summed E-state index contributed by atoms with van der Waals surface area (Å²) in [6.45, 7) is 0.478. The molecule has 6 heteroatoms.